The molecule has 0 aliphatic carbocycles. The second kappa shape index (κ2) is 4.60. The van der Waals surface area contributed by atoms with Gasteiger partial charge >= 0.3 is 0 Å². The zero-order chi connectivity index (χ0) is 9.90. The molecule has 0 aromatic carbocycles. The third kappa shape index (κ3) is 2.81. The van der Waals surface area contributed by atoms with Crippen molar-refractivity contribution in [1.29, 1.82) is 0 Å². The maximum absolute atomic E-state index is 6.08. The Balaban J connectivity index is 2.61. The molecule has 0 amide bonds. The van der Waals surface area contributed by atoms with Gasteiger partial charge in [-0.25, -0.2) is 0 Å². The van der Waals surface area contributed by atoms with Crippen LogP contribution in [0.2, 0.25) is 13.1 Å². The molecule has 1 radical (unpaired) electrons. The lowest BCUT2D eigenvalue weighted by molar-refractivity contribution is -0.0250. The fourth-order valence-corrected chi connectivity index (χ4v) is 4.32. The van der Waals surface area contributed by atoms with Gasteiger partial charge in [0.25, 0.3) is 0 Å². The summed E-state index contributed by atoms with van der Waals surface area (Å²) in [5.74, 6) is 1.53. The van der Waals surface area contributed by atoms with Crippen LogP contribution >= 0.6 is 0 Å². The molecule has 1 aliphatic rings. The van der Waals surface area contributed by atoms with Crippen molar-refractivity contribution in [2.75, 3.05) is 6.61 Å². The average Bonchev–Trinajstić information content (AvgIpc) is 2.04. The minimum absolute atomic E-state index is 0.303. The first kappa shape index (κ1) is 11.3. The molecule has 1 fully saturated rings. The monoisotopic (exact) mass is 199 g/mol. The van der Waals surface area contributed by atoms with Gasteiger partial charge in [-0.3, -0.25) is 0 Å². The molecule has 0 aromatic heterocycles. The molecular formula is C11H23OSi. The number of ether oxygens (including phenoxy) is 1. The van der Waals surface area contributed by atoms with Gasteiger partial charge < -0.3 is 4.74 Å². The summed E-state index contributed by atoms with van der Waals surface area (Å²) in [5.41, 5.74) is 0. The standard InChI is InChI=1S/C11H23OSi/c1-10(2)9-11(13(3)4)7-5-6-8-12-11/h13H,5-9H2,1-4H3. The van der Waals surface area contributed by atoms with Gasteiger partial charge in [0.1, 0.15) is 0 Å². The van der Waals surface area contributed by atoms with Crippen LogP contribution in [0.15, 0.2) is 0 Å². The smallest absolute Gasteiger partial charge is 0.0695 e. The first-order valence-corrected chi connectivity index (χ1v) is 8.38. The number of hydrogen-bond acceptors (Lipinski definition) is 1. The minimum atomic E-state index is -0.687. The largest absolute Gasteiger partial charge is 0.379 e. The van der Waals surface area contributed by atoms with Gasteiger partial charge in [0.2, 0.25) is 0 Å². The topological polar surface area (TPSA) is 9.23 Å². The Morgan fingerprint density at radius 3 is 2.38 bits per heavy atom. The van der Waals surface area contributed by atoms with Gasteiger partial charge in [0.05, 0.1) is 14.0 Å². The van der Waals surface area contributed by atoms with E-state index in [0.29, 0.717) is 5.22 Å². The molecular weight excluding hydrogens is 176 g/mol. The molecule has 0 spiro atoms. The van der Waals surface area contributed by atoms with Crippen LogP contribution in [0.25, 0.3) is 0 Å². The van der Waals surface area contributed by atoms with Crippen molar-refractivity contribution < 1.29 is 4.74 Å². The second-order valence-electron chi connectivity index (χ2n) is 4.91. The van der Waals surface area contributed by atoms with E-state index >= 15 is 0 Å². The first-order chi connectivity index (χ1) is 6.07. The van der Waals surface area contributed by atoms with E-state index in [0.717, 1.165) is 6.61 Å². The van der Waals surface area contributed by atoms with Crippen LogP contribution in [0, 0.1) is 5.92 Å². The van der Waals surface area contributed by atoms with Gasteiger partial charge in [-0.1, -0.05) is 26.9 Å². The summed E-state index contributed by atoms with van der Waals surface area (Å²) in [4.78, 5) is 0. The summed E-state index contributed by atoms with van der Waals surface area (Å²) in [6.07, 6.45) is 5.16. The number of hydrogen-bond donors (Lipinski definition) is 0. The van der Waals surface area contributed by atoms with E-state index < -0.39 is 8.80 Å². The quantitative estimate of drug-likeness (QED) is 0.635. The molecule has 13 heavy (non-hydrogen) atoms. The van der Waals surface area contributed by atoms with Crippen molar-refractivity contribution in [2.45, 2.75) is 57.8 Å². The highest BCUT2D eigenvalue weighted by molar-refractivity contribution is 6.59. The summed E-state index contributed by atoms with van der Waals surface area (Å²) < 4.78 is 6.08. The van der Waals surface area contributed by atoms with Crippen molar-refractivity contribution in [3.63, 3.8) is 0 Å². The Morgan fingerprint density at radius 1 is 1.31 bits per heavy atom. The molecule has 0 bridgehead atoms. The molecule has 1 nitrogen and oxygen atoms in total. The van der Waals surface area contributed by atoms with Crippen LogP contribution in [-0.2, 0) is 4.74 Å². The molecule has 1 rings (SSSR count). The molecule has 1 unspecified atom stereocenters. The predicted molar refractivity (Wildman–Crippen MR) is 60.6 cm³/mol. The normalized spacial score (nSPS) is 30.0. The van der Waals surface area contributed by atoms with E-state index in [2.05, 4.69) is 26.9 Å². The van der Waals surface area contributed by atoms with Crippen LogP contribution < -0.4 is 0 Å². The SMILES string of the molecule is C[C](C)CC1([SiH](C)C)CCCCO1. The first-order valence-electron chi connectivity index (χ1n) is 5.50. The molecule has 0 saturated carbocycles. The van der Waals surface area contributed by atoms with Gasteiger partial charge in [-0.2, -0.15) is 0 Å². The number of rotatable bonds is 3. The van der Waals surface area contributed by atoms with E-state index in [1.54, 1.807) is 0 Å². The molecule has 0 N–H and O–H groups in total. The van der Waals surface area contributed by atoms with E-state index in [4.69, 9.17) is 4.74 Å². The van der Waals surface area contributed by atoms with Crippen molar-refractivity contribution in [2.24, 2.45) is 0 Å². The van der Waals surface area contributed by atoms with Crippen LogP contribution in [0.1, 0.15) is 39.5 Å². The molecule has 0 aromatic rings. The Kier molecular flexibility index (Phi) is 3.99. The van der Waals surface area contributed by atoms with Crippen LogP contribution in [0.5, 0.6) is 0 Å². The summed E-state index contributed by atoms with van der Waals surface area (Å²) >= 11 is 0. The maximum atomic E-state index is 6.08. The van der Waals surface area contributed by atoms with Gasteiger partial charge in [-0.05, 0) is 31.6 Å². The third-order valence-electron chi connectivity index (χ3n) is 3.09. The molecule has 77 valence electrons. The second-order valence-corrected chi connectivity index (χ2v) is 8.27. The van der Waals surface area contributed by atoms with E-state index in [1.807, 2.05) is 0 Å². The maximum Gasteiger partial charge on any atom is 0.0695 e. The van der Waals surface area contributed by atoms with Gasteiger partial charge in [-0.15, -0.1) is 0 Å². The van der Waals surface area contributed by atoms with Crippen molar-refractivity contribution in [3.8, 4) is 0 Å². The lowest BCUT2D eigenvalue weighted by atomic mass is 9.98. The molecule has 1 heterocycles. The average molecular weight is 199 g/mol. The summed E-state index contributed by atoms with van der Waals surface area (Å²) in [7, 11) is -0.687. The molecule has 1 aliphatic heterocycles. The highest BCUT2D eigenvalue weighted by Gasteiger charge is 2.37. The van der Waals surface area contributed by atoms with Crippen molar-refractivity contribution in [1.82, 2.24) is 0 Å². The zero-order valence-corrected chi connectivity index (χ0v) is 10.7. The zero-order valence-electron chi connectivity index (χ0n) is 9.52. The van der Waals surface area contributed by atoms with E-state index in [-0.39, 0.29) is 0 Å². The minimum Gasteiger partial charge on any atom is -0.379 e. The molecule has 2 heteroatoms. The summed E-state index contributed by atoms with van der Waals surface area (Å²) in [5, 5.41) is 0.303. The molecule has 1 saturated heterocycles. The Labute approximate surface area is 84.5 Å². The van der Waals surface area contributed by atoms with E-state index in [9.17, 15) is 0 Å². The Morgan fingerprint density at radius 2 is 2.00 bits per heavy atom. The fourth-order valence-electron chi connectivity index (χ4n) is 2.27. The Bertz CT molecular complexity index is 148. The van der Waals surface area contributed by atoms with Crippen molar-refractivity contribution in [3.05, 3.63) is 5.92 Å². The fraction of sp³-hybridized carbons (Fsp3) is 0.909. The van der Waals surface area contributed by atoms with Crippen LogP contribution in [0.4, 0.5) is 0 Å². The van der Waals surface area contributed by atoms with Crippen LogP contribution in [-0.4, -0.2) is 20.6 Å². The highest BCUT2D eigenvalue weighted by atomic mass is 28.3. The van der Waals surface area contributed by atoms with Crippen LogP contribution in [0.3, 0.4) is 0 Å². The van der Waals surface area contributed by atoms with Crippen molar-refractivity contribution >= 4 is 8.80 Å². The molecule has 1 atom stereocenters. The lowest BCUT2D eigenvalue weighted by Gasteiger charge is -2.41. The highest BCUT2D eigenvalue weighted by Crippen LogP contribution is 2.34. The summed E-state index contributed by atoms with van der Waals surface area (Å²) in [6.45, 7) is 10.3. The van der Waals surface area contributed by atoms with E-state index in [1.165, 1.54) is 31.6 Å². The Hall–Kier alpha value is 0.177. The third-order valence-corrected chi connectivity index (χ3v) is 5.85. The van der Waals surface area contributed by atoms with Gasteiger partial charge in [0.15, 0.2) is 0 Å². The van der Waals surface area contributed by atoms with Gasteiger partial charge in [0, 0.05) is 6.61 Å². The lowest BCUT2D eigenvalue weighted by Crippen LogP contribution is -2.48. The summed E-state index contributed by atoms with van der Waals surface area (Å²) in [6, 6.07) is 0. The predicted octanol–water partition coefficient (Wildman–Crippen LogP) is 2.96.